The zero-order valence-electron chi connectivity index (χ0n) is 47.4. The van der Waals surface area contributed by atoms with Crippen molar-refractivity contribution in [2.45, 2.75) is 209 Å². The van der Waals surface area contributed by atoms with E-state index in [-0.39, 0.29) is 65.0 Å². The molecule has 4 nitrogen and oxygen atoms in total. The molecule has 0 aromatic heterocycles. The first-order chi connectivity index (χ1) is 30.8. The average Bonchev–Trinajstić information content (AvgIpc) is 3.89. The number of fused-ring (bicyclic) bond motifs is 6. The van der Waals surface area contributed by atoms with Crippen molar-refractivity contribution < 1.29 is 0 Å². The van der Waals surface area contributed by atoms with Gasteiger partial charge >= 0.3 is 0 Å². The second kappa shape index (κ2) is 13.1. The summed E-state index contributed by atoms with van der Waals surface area (Å²) in [7, 11) is 0. The number of benzene rings is 4. The maximum Gasteiger partial charge on any atom is 0.0953 e. The van der Waals surface area contributed by atoms with Gasteiger partial charge in [0.1, 0.15) is 0 Å². The Kier molecular flexibility index (Phi) is 9.22. The van der Waals surface area contributed by atoms with Crippen molar-refractivity contribution in [1.82, 2.24) is 0 Å². The Morgan fingerprint density at radius 1 is 0.279 bits per heavy atom. The molecule has 0 unspecified atom stereocenters. The molecule has 366 valence electrons. The molecule has 0 N–H and O–H groups in total. The minimum absolute atomic E-state index is 0.0199. The third-order valence-corrected chi connectivity index (χ3v) is 25.3. The molecule has 2 heterocycles. The molecular formula is C64H90N4. The molecule has 4 aromatic rings. The van der Waals surface area contributed by atoms with Crippen LogP contribution in [-0.4, -0.2) is 26.4 Å². The Morgan fingerprint density at radius 2 is 0.500 bits per heavy atom. The highest BCUT2D eigenvalue weighted by Crippen LogP contribution is 2.67. The zero-order chi connectivity index (χ0) is 50.3. The van der Waals surface area contributed by atoms with Crippen LogP contribution in [0.1, 0.15) is 211 Å². The molecule has 4 aromatic carbocycles. The van der Waals surface area contributed by atoms with Crippen molar-refractivity contribution in [3.05, 3.63) is 105 Å². The molecule has 10 rings (SSSR count). The van der Waals surface area contributed by atoms with E-state index in [1.54, 1.807) is 0 Å². The van der Waals surface area contributed by atoms with E-state index in [4.69, 9.17) is 0 Å². The minimum atomic E-state index is 0.0199. The topological polar surface area (TPSA) is 13.0 Å². The van der Waals surface area contributed by atoms with Crippen LogP contribution in [0, 0.1) is 21.7 Å². The lowest BCUT2D eigenvalue weighted by atomic mass is 9.59. The number of nitrogens with zero attached hydrogens (tertiary/aromatic N) is 4. The van der Waals surface area contributed by atoms with Gasteiger partial charge in [-0.2, -0.15) is 0 Å². The van der Waals surface area contributed by atoms with Crippen LogP contribution in [0.4, 0.5) is 34.1 Å². The monoisotopic (exact) mass is 915 g/mol. The van der Waals surface area contributed by atoms with Crippen molar-refractivity contribution in [2.24, 2.45) is 21.7 Å². The maximum absolute atomic E-state index is 2.73. The van der Waals surface area contributed by atoms with Gasteiger partial charge in [0.25, 0.3) is 0 Å². The Morgan fingerprint density at radius 3 is 0.765 bits per heavy atom. The first kappa shape index (κ1) is 47.7. The second-order valence-electron chi connectivity index (χ2n) is 29.4. The van der Waals surface area contributed by atoms with Gasteiger partial charge in [0.05, 0.1) is 36.1 Å². The van der Waals surface area contributed by atoms with Crippen molar-refractivity contribution in [1.29, 1.82) is 0 Å². The van der Waals surface area contributed by atoms with Crippen LogP contribution in [0.5, 0.6) is 0 Å². The Labute approximate surface area is 414 Å². The Bertz CT molecular complexity index is 2640. The molecule has 2 aliphatic heterocycles. The lowest BCUT2D eigenvalue weighted by Crippen LogP contribution is -2.42. The molecule has 0 bridgehead atoms. The number of anilines is 6. The van der Waals surface area contributed by atoms with Crippen LogP contribution in [-0.2, 0) is 43.3 Å². The molecule has 0 spiro atoms. The van der Waals surface area contributed by atoms with E-state index >= 15 is 0 Å². The average molecular weight is 915 g/mol. The highest BCUT2D eigenvalue weighted by Gasteiger charge is 2.61. The lowest BCUT2D eigenvalue weighted by molar-refractivity contribution is 0.125. The van der Waals surface area contributed by atoms with E-state index in [9.17, 15) is 0 Å². The first-order valence-electron chi connectivity index (χ1n) is 26.5. The molecule has 4 heteroatoms. The molecule has 0 atom stereocenters. The highest BCUT2D eigenvalue weighted by atomic mass is 15.4. The van der Waals surface area contributed by atoms with Gasteiger partial charge in [0.2, 0.25) is 0 Å². The lowest BCUT2D eigenvalue weighted by Gasteiger charge is -2.44. The van der Waals surface area contributed by atoms with Gasteiger partial charge in [0, 0.05) is 24.5 Å². The van der Waals surface area contributed by atoms with E-state index in [1.807, 2.05) is 0 Å². The Hall–Kier alpha value is -3.92. The summed E-state index contributed by atoms with van der Waals surface area (Å²) >= 11 is 0. The van der Waals surface area contributed by atoms with E-state index in [0.717, 1.165) is 26.4 Å². The fourth-order valence-electron chi connectivity index (χ4n) is 15.2. The fraction of sp³-hybridized carbons (Fsp3) is 0.625. The van der Waals surface area contributed by atoms with Gasteiger partial charge in [0.15, 0.2) is 0 Å². The second-order valence-corrected chi connectivity index (χ2v) is 29.4. The van der Waals surface area contributed by atoms with Crippen LogP contribution in [0.25, 0.3) is 0 Å². The summed E-state index contributed by atoms with van der Waals surface area (Å²) in [5, 5.41) is 0. The standard InChI is InChI=1S/C64H90N4/c1-53(2)41-27-25-39(31-43(41)55(5,6)61(53,17)18)67-37-65(49-33-45-47(35-51(49)67)59(13,14)63(21,22)57(45,9)10)29-30-66-38-68(40-26-28-42-44(32-40)56(7,8)62(19,20)54(42,3)4)52-36-48-46(34-50(52)66)58(11,12)64(23,24)60(48,15)16/h25-28,31-36H,29-30,37-38H2,1-24H3. The van der Waals surface area contributed by atoms with Gasteiger partial charge in [-0.3, -0.25) is 0 Å². The van der Waals surface area contributed by atoms with Crippen LogP contribution in [0.3, 0.4) is 0 Å². The van der Waals surface area contributed by atoms with Crippen LogP contribution >= 0.6 is 0 Å². The normalized spacial score (nSPS) is 26.1. The molecule has 4 aliphatic carbocycles. The Balaban J connectivity index is 1.08. The number of hydrogen-bond donors (Lipinski definition) is 0. The van der Waals surface area contributed by atoms with E-state index in [1.165, 1.54) is 78.6 Å². The van der Waals surface area contributed by atoms with Crippen LogP contribution in [0.15, 0.2) is 60.7 Å². The SMILES string of the molecule is CC1(C)c2ccc(N3CN(CCN4CN(c5ccc6c(c5)C(C)(C)C(C)(C)C6(C)C)c5cc6c(cc54)C(C)(C)C(C)(C)C6(C)C)c4cc5c(cc43)C(C)(C)C(C)(C)C5(C)C)cc2C(C)(C)C1(C)C. The summed E-state index contributed by atoms with van der Waals surface area (Å²) in [5.41, 5.74) is 20.9. The van der Waals surface area contributed by atoms with Gasteiger partial charge in [-0.15, -0.1) is 0 Å². The summed E-state index contributed by atoms with van der Waals surface area (Å²) in [5.74, 6) is 0. The summed E-state index contributed by atoms with van der Waals surface area (Å²) in [6.07, 6.45) is 0. The molecular weight excluding hydrogens is 825 g/mol. The molecule has 0 saturated heterocycles. The summed E-state index contributed by atoms with van der Waals surface area (Å²) in [6.45, 7) is 63.2. The molecule has 0 saturated carbocycles. The van der Waals surface area contributed by atoms with E-state index in [2.05, 4.69) is 246 Å². The van der Waals surface area contributed by atoms with Crippen molar-refractivity contribution >= 4 is 34.1 Å². The third-order valence-electron chi connectivity index (χ3n) is 25.3. The van der Waals surface area contributed by atoms with Gasteiger partial charge in [-0.05, 0) is 158 Å². The molecule has 0 amide bonds. The fourth-order valence-corrected chi connectivity index (χ4v) is 15.2. The summed E-state index contributed by atoms with van der Waals surface area (Å²) < 4.78 is 0. The van der Waals surface area contributed by atoms with E-state index in [0.29, 0.717) is 0 Å². The van der Waals surface area contributed by atoms with Gasteiger partial charge in [-0.1, -0.05) is 178 Å². The van der Waals surface area contributed by atoms with Crippen LogP contribution < -0.4 is 19.6 Å². The molecule has 0 fully saturated rings. The first-order valence-corrected chi connectivity index (χ1v) is 26.5. The largest absolute Gasteiger partial charge is 0.350 e. The molecule has 68 heavy (non-hydrogen) atoms. The summed E-state index contributed by atoms with van der Waals surface area (Å²) in [4.78, 5) is 10.8. The van der Waals surface area contributed by atoms with Gasteiger partial charge in [-0.25, -0.2) is 0 Å². The van der Waals surface area contributed by atoms with Crippen molar-refractivity contribution in [3.63, 3.8) is 0 Å². The third kappa shape index (κ3) is 5.20. The predicted octanol–water partition coefficient (Wildman–Crippen LogP) is 16.6. The van der Waals surface area contributed by atoms with Crippen LogP contribution in [0.2, 0.25) is 0 Å². The van der Waals surface area contributed by atoms with E-state index < -0.39 is 0 Å². The number of hydrogen-bond acceptors (Lipinski definition) is 4. The predicted molar refractivity (Wildman–Crippen MR) is 294 cm³/mol. The summed E-state index contributed by atoms with van der Waals surface area (Å²) in [6, 6.07) is 25.5. The maximum atomic E-state index is 2.73. The molecule has 0 radical (unpaired) electrons. The molecule has 6 aliphatic rings. The smallest absolute Gasteiger partial charge is 0.0953 e. The zero-order valence-corrected chi connectivity index (χ0v) is 47.4. The minimum Gasteiger partial charge on any atom is -0.350 e. The number of rotatable bonds is 5. The quantitative estimate of drug-likeness (QED) is 0.198. The van der Waals surface area contributed by atoms with Crippen molar-refractivity contribution in [3.8, 4) is 0 Å². The highest BCUT2D eigenvalue weighted by molar-refractivity contribution is 5.87. The van der Waals surface area contributed by atoms with Gasteiger partial charge < -0.3 is 19.6 Å². The van der Waals surface area contributed by atoms with Crippen molar-refractivity contribution in [2.75, 3.05) is 46.0 Å².